The van der Waals surface area contributed by atoms with E-state index in [0.717, 1.165) is 0 Å². The second-order valence-electron chi connectivity index (χ2n) is 7.38. The van der Waals surface area contributed by atoms with Gasteiger partial charge in [0.2, 0.25) is 5.76 Å². The van der Waals surface area contributed by atoms with Crippen molar-refractivity contribution in [2.24, 2.45) is 0 Å². The van der Waals surface area contributed by atoms with E-state index in [1.807, 2.05) is 0 Å². The molecule has 32 heavy (non-hydrogen) atoms. The van der Waals surface area contributed by atoms with Gasteiger partial charge in [0.1, 0.15) is 11.4 Å². The summed E-state index contributed by atoms with van der Waals surface area (Å²) in [4.78, 5) is 43.7. The van der Waals surface area contributed by atoms with Gasteiger partial charge in [0.05, 0.1) is 21.9 Å². The van der Waals surface area contributed by atoms with E-state index in [2.05, 4.69) is 20.9 Å². The van der Waals surface area contributed by atoms with Gasteiger partial charge in [-0.1, -0.05) is 34.1 Å². The Morgan fingerprint density at radius 3 is 2.62 bits per heavy atom. The highest BCUT2D eigenvalue weighted by atomic mass is 79.9. The Morgan fingerprint density at radius 1 is 1.09 bits per heavy atom. The number of hydrogen-bond donors (Lipinski definition) is 0. The molecule has 0 bridgehead atoms. The van der Waals surface area contributed by atoms with E-state index in [-0.39, 0.29) is 28.0 Å². The molecule has 8 nitrogen and oxygen atoms in total. The lowest BCUT2D eigenvalue weighted by Crippen LogP contribution is -2.30. The van der Waals surface area contributed by atoms with Gasteiger partial charge in [-0.3, -0.25) is 24.6 Å². The number of rotatable bonds is 3. The molecule has 2 aromatic carbocycles. The second-order valence-corrected chi connectivity index (χ2v) is 8.30. The Labute approximate surface area is 189 Å². The molecule has 1 atom stereocenters. The summed E-state index contributed by atoms with van der Waals surface area (Å²) in [5, 5.41) is 11.7. The number of hydrogen-bond acceptors (Lipinski definition) is 6. The fourth-order valence-corrected chi connectivity index (χ4v) is 4.33. The monoisotopic (exact) mass is 491 g/mol. The lowest BCUT2D eigenvalue weighted by atomic mass is 9.98. The Bertz CT molecular complexity index is 1500. The number of aromatic nitrogens is 1. The first-order valence-electron chi connectivity index (χ1n) is 9.63. The fourth-order valence-electron chi connectivity index (χ4n) is 3.97. The van der Waals surface area contributed by atoms with Crippen molar-refractivity contribution >= 4 is 44.3 Å². The molecule has 0 unspecified atom stereocenters. The number of nitro benzene ring substituents is 1. The zero-order chi connectivity index (χ0) is 22.6. The molecule has 2 aromatic heterocycles. The van der Waals surface area contributed by atoms with Crippen LogP contribution in [0.4, 0.5) is 11.5 Å². The molecular formula is C23H14BrN3O5. The Morgan fingerprint density at radius 2 is 1.88 bits per heavy atom. The minimum absolute atomic E-state index is 0.0929. The number of aryl methyl sites for hydroxylation is 1. The largest absolute Gasteiger partial charge is 0.450 e. The van der Waals surface area contributed by atoms with E-state index in [9.17, 15) is 19.7 Å². The van der Waals surface area contributed by atoms with Crippen LogP contribution in [0.3, 0.4) is 0 Å². The smallest absolute Gasteiger partial charge is 0.296 e. The van der Waals surface area contributed by atoms with Crippen molar-refractivity contribution in [1.82, 2.24) is 4.98 Å². The molecular weight excluding hydrogens is 478 g/mol. The molecule has 1 aliphatic rings. The van der Waals surface area contributed by atoms with Gasteiger partial charge in [0, 0.05) is 22.3 Å². The van der Waals surface area contributed by atoms with Crippen LogP contribution in [0.1, 0.15) is 33.4 Å². The first-order chi connectivity index (χ1) is 15.3. The number of benzene rings is 2. The van der Waals surface area contributed by atoms with Crippen LogP contribution in [-0.4, -0.2) is 15.8 Å². The van der Waals surface area contributed by atoms with Gasteiger partial charge in [0.15, 0.2) is 5.43 Å². The number of nitrogens with zero attached hydrogens (tertiary/aromatic N) is 3. The molecule has 0 aliphatic carbocycles. The number of fused-ring (bicyclic) bond motifs is 2. The number of carbonyl (C=O) groups excluding carboxylic acids is 1. The number of nitro groups is 1. The molecule has 9 heteroatoms. The molecule has 0 saturated carbocycles. The molecule has 5 rings (SSSR count). The normalized spacial score (nSPS) is 15.2. The van der Waals surface area contributed by atoms with Crippen molar-refractivity contribution in [2.45, 2.75) is 13.0 Å². The average Bonchev–Trinajstić information content (AvgIpc) is 3.07. The number of halogens is 1. The molecule has 0 saturated heterocycles. The van der Waals surface area contributed by atoms with Gasteiger partial charge >= 0.3 is 0 Å². The number of non-ortho nitro benzene ring substituents is 1. The first kappa shape index (κ1) is 20.1. The molecule has 4 aromatic rings. The zero-order valence-corrected chi connectivity index (χ0v) is 18.2. The quantitative estimate of drug-likeness (QED) is 0.297. The molecule has 1 aliphatic heterocycles. The number of carbonyl (C=O) groups is 1. The fraction of sp³-hybridized carbons (Fsp3) is 0.0870. The lowest BCUT2D eigenvalue weighted by Gasteiger charge is -2.24. The summed E-state index contributed by atoms with van der Waals surface area (Å²) >= 11 is 3.36. The summed E-state index contributed by atoms with van der Waals surface area (Å²) in [6, 6.07) is 15.1. The molecule has 3 heterocycles. The molecule has 0 radical (unpaired) electrons. The summed E-state index contributed by atoms with van der Waals surface area (Å²) in [7, 11) is 0. The highest BCUT2D eigenvalue weighted by Crippen LogP contribution is 2.41. The second kappa shape index (κ2) is 7.38. The molecule has 0 spiro atoms. The molecule has 0 N–H and O–H groups in total. The predicted octanol–water partition coefficient (Wildman–Crippen LogP) is 4.92. The van der Waals surface area contributed by atoms with Crippen LogP contribution in [0, 0.1) is 17.0 Å². The highest BCUT2D eigenvalue weighted by Gasteiger charge is 2.44. The minimum atomic E-state index is -0.925. The van der Waals surface area contributed by atoms with Crippen molar-refractivity contribution < 1.29 is 14.1 Å². The average molecular weight is 492 g/mol. The Balaban J connectivity index is 1.83. The molecule has 0 fully saturated rings. The number of amides is 1. The van der Waals surface area contributed by atoms with Crippen LogP contribution in [0.25, 0.3) is 11.0 Å². The summed E-state index contributed by atoms with van der Waals surface area (Å²) in [5.41, 5.74) is 0.983. The summed E-state index contributed by atoms with van der Waals surface area (Å²) in [6.07, 6.45) is 0. The van der Waals surface area contributed by atoms with Crippen LogP contribution < -0.4 is 10.3 Å². The van der Waals surface area contributed by atoms with Gasteiger partial charge in [-0.05, 0) is 42.8 Å². The summed E-state index contributed by atoms with van der Waals surface area (Å²) < 4.78 is 6.58. The van der Waals surface area contributed by atoms with Gasteiger partial charge in [-0.25, -0.2) is 4.98 Å². The SMILES string of the molecule is Cc1cccc(N2C(=O)c3oc4ccc(Br)cc4c(=O)c3[C@H]2c2cccc([N+](=O)[O-])c2)n1. The number of anilines is 1. The standard InChI is InChI=1S/C23H14BrN3O5/c1-12-4-2-7-18(25-12)26-20(13-5-3-6-15(10-13)27(30)31)19-21(28)16-11-14(24)8-9-17(16)32-22(19)23(26)29/h2-11,20H,1H3/t20-/m1/s1. The van der Waals surface area contributed by atoms with Crippen molar-refractivity contribution in [1.29, 1.82) is 0 Å². The van der Waals surface area contributed by atoms with Crippen LogP contribution >= 0.6 is 15.9 Å². The third-order valence-corrected chi connectivity index (χ3v) is 5.84. The van der Waals surface area contributed by atoms with Crippen LogP contribution in [0.5, 0.6) is 0 Å². The van der Waals surface area contributed by atoms with Crippen LogP contribution in [-0.2, 0) is 0 Å². The van der Waals surface area contributed by atoms with Gasteiger partial charge in [-0.2, -0.15) is 0 Å². The Hall–Kier alpha value is -3.85. The van der Waals surface area contributed by atoms with E-state index in [4.69, 9.17) is 4.42 Å². The van der Waals surface area contributed by atoms with Crippen LogP contribution in [0.2, 0.25) is 0 Å². The summed E-state index contributed by atoms with van der Waals surface area (Å²) in [6.45, 7) is 1.79. The van der Waals surface area contributed by atoms with Gasteiger partial charge in [0.25, 0.3) is 11.6 Å². The maximum atomic E-state index is 13.6. The van der Waals surface area contributed by atoms with E-state index >= 15 is 0 Å². The van der Waals surface area contributed by atoms with Crippen LogP contribution in [0.15, 0.2) is 74.3 Å². The van der Waals surface area contributed by atoms with Crippen molar-refractivity contribution in [2.75, 3.05) is 4.90 Å². The van der Waals surface area contributed by atoms with E-state index in [1.165, 1.54) is 23.1 Å². The highest BCUT2D eigenvalue weighted by molar-refractivity contribution is 9.10. The third kappa shape index (κ3) is 3.09. The van der Waals surface area contributed by atoms with Gasteiger partial charge in [-0.15, -0.1) is 0 Å². The third-order valence-electron chi connectivity index (χ3n) is 5.35. The topological polar surface area (TPSA) is 107 Å². The first-order valence-corrected chi connectivity index (χ1v) is 10.4. The molecule has 1 amide bonds. The summed E-state index contributed by atoms with van der Waals surface area (Å²) in [5.74, 6) is -0.302. The maximum Gasteiger partial charge on any atom is 0.296 e. The van der Waals surface area contributed by atoms with E-state index < -0.39 is 16.9 Å². The lowest BCUT2D eigenvalue weighted by molar-refractivity contribution is -0.384. The van der Waals surface area contributed by atoms with Crippen molar-refractivity contribution in [3.05, 3.63) is 108 Å². The van der Waals surface area contributed by atoms with Crippen molar-refractivity contribution in [3.63, 3.8) is 0 Å². The van der Waals surface area contributed by atoms with E-state index in [1.54, 1.807) is 49.4 Å². The maximum absolute atomic E-state index is 13.6. The van der Waals surface area contributed by atoms with E-state index in [0.29, 0.717) is 26.9 Å². The Kier molecular flexibility index (Phi) is 4.63. The minimum Gasteiger partial charge on any atom is -0.450 e. The number of pyridine rings is 1. The predicted molar refractivity (Wildman–Crippen MR) is 121 cm³/mol. The van der Waals surface area contributed by atoms with Crippen molar-refractivity contribution in [3.8, 4) is 0 Å². The zero-order valence-electron chi connectivity index (χ0n) is 16.6. The van der Waals surface area contributed by atoms with Gasteiger partial charge < -0.3 is 4.42 Å². The molecule has 158 valence electrons.